The summed E-state index contributed by atoms with van der Waals surface area (Å²) < 4.78 is 9.66. The molecular weight excluding hydrogens is 282 g/mol. The summed E-state index contributed by atoms with van der Waals surface area (Å²) in [5.41, 5.74) is 0.645. The first-order valence-electron chi connectivity index (χ1n) is 7.46. The molecule has 0 N–H and O–H groups in total. The molecule has 0 unspecified atom stereocenters. The van der Waals surface area contributed by atoms with Crippen molar-refractivity contribution in [3.63, 3.8) is 0 Å². The van der Waals surface area contributed by atoms with Crippen LogP contribution in [0, 0.1) is 0 Å². The molecule has 0 aliphatic carbocycles. The first-order chi connectivity index (χ1) is 10.7. The molecule has 0 radical (unpaired) electrons. The minimum Gasteiger partial charge on any atom is -0.468 e. The maximum atomic E-state index is 11.1. The van der Waals surface area contributed by atoms with E-state index in [-0.39, 0.29) is 11.4 Å². The van der Waals surface area contributed by atoms with Crippen molar-refractivity contribution in [3.8, 4) is 0 Å². The Morgan fingerprint density at radius 2 is 1.91 bits per heavy atom. The van der Waals surface area contributed by atoms with Gasteiger partial charge in [-0.25, -0.2) is 0 Å². The summed E-state index contributed by atoms with van der Waals surface area (Å²) in [5.74, 6) is -0.119. The number of methoxy groups -OCH3 is 1. The summed E-state index contributed by atoms with van der Waals surface area (Å²) in [5, 5.41) is 0.634. The number of carbonyl (C=O) groups is 1. The van der Waals surface area contributed by atoms with E-state index >= 15 is 0 Å². The topological polar surface area (TPSA) is 59.8 Å². The number of fused-ring (bicyclic) bond motifs is 1. The molecule has 1 saturated heterocycles. The fraction of sp³-hybridized carbons (Fsp3) is 0.412. The van der Waals surface area contributed by atoms with Crippen LogP contribution in [0.4, 0.5) is 0 Å². The lowest BCUT2D eigenvalue weighted by Gasteiger charge is -2.24. The molecule has 5 nitrogen and oxygen atoms in total. The van der Waals surface area contributed by atoms with Crippen molar-refractivity contribution in [1.82, 2.24) is 4.90 Å². The van der Waals surface area contributed by atoms with Gasteiger partial charge in [-0.2, -0.15) is 0 Å². The van der Waals surface area contributed by atoms with E-state index in [4.69, 9.17) is 4.42 Å². The van der Waals surface area contributed by atoms with E-state index in [2.05, 4.69) is 9.64 Å². The highest BCUT2D eigenvalue weighted by Gasteiger charge is 2.13. The van der Waals surface area contributed by atoms with Crippen LogP contribution in [0.3, 0.4) is 0 Å². The summed E-state index contributed by atoms with van der Waals surface area (Å²) in [6.07, 6.45) is 5.15. The number of carbonyl (C=O) groups excluding carboxylic acids is 1. The van der Waals surface area contributed by atoms with Gasteiger partial charge in [0.2, 0.25) is 0 Å². The van der Waals surface area contributed by atoms with Crippen molar-refractivity contribution in [3.05, 3.63) is 46.8 Å². The maximum absolute atomic E-state index is 11.1. The Hall–Kier alpha value is -2.14. The van der Waals surface area contributed by atoms with Crippen molar-refractivity contribution >= 4 is 16.9 Å². The zero-order chi connectivity index (χ0) is 15.8. The number of hydrogen-bond acceptors (Lipinski definition) is 5. The molecule has 1 fully saturated rings. The number of para-hydroxylation sites is 1. The Kier molecular flexibility index (Phi) is 6.15. The van der Waals surface area contributed by atoms with Crippen molar-refractivity contribution in [2.75, 3.05) is 26.7 Å². The molecule has 0 atom stereocenters. The quantitative estimate of drug-likeness (QED) is 0.798. The number of esters is 1. The Morgan fingerprint density at radius 1 is 1.18 bits per heavy atom. The second kappa shape index (κ2) is 8.34. The van der Waals surface area contributed by atoms with Gasteiger partial charge in [-0.1, -0.05) is 18.6 Å². The highest BCUT2D eigenvalue weighted by atomic mass is 16.5. The first-order valence-corrected chi connectivity index (χ1v) is 7.46. The van der Waals surface area contributed by atoms with Gasteiger partial charge in [-0.15, -0.1) is 0 Å². The summed E-state index contributed by atoms with van der Waals surface area (Å²) in [6.45, 7) is 2.57. The van der Waals surface area contributed by atoms with Crippen molar-refractivity contribution < 1.29 is 13.9 Å². The number of rotatable bonds is 2. The van der Waals surface area contributed by atoms with Gasteiger partial charge in [-0.05, 0) is 38.1 Å². The predicted octanol–water partition coefficient (Wildman–Crippen LogP) is 2.44. The Bertz CT molecular complexity index is 654. The van der Waals surface area contributed by atoms with Gasteiger partial charge >= 0.3 is 5.97 Å². The minimum absolute atomic E-state index is 0.00634. The third-order valence-electron chi connectivity index (χ3n) is 3.60. The molecule has 0 spiro atoms. The lowest BCUT2D eigenvalue weighted by atomic mass is 10.1. The summed E-state index contributed by atoms with van der Waals surface area (Å²) in [6, 6.07) is 8.60. The third kappa shape index (κ3) is 4.70. The van der Waals surface area contributed by atoms with Crippen LogP contribution in [-0.2, 0) is 9.53 Å². The molecule has 3 rings (SSSR count). The van der Waals surface area contributed by atoms with Crippen LogP contribution in [-0.4, -0.2) is 37.6 Å². The lowest BCUT2D eigenvalue weighted by Crippen LogP contribution is -2.34. The molecule has 5 heteroatoms. The number of piperidine rings is 1. The largest absolute Gasteiger partial charge is 0.468 e. The van der Waals surface area contributed by atoms with Gasteiger partial charge < -0.3 is 9.15 Å². The molecular formula is C17H21NO4. The summed E-state index contributed by atoms with van der Waals surface area (Å²) in [7, 11) is 1.44. The number of nitrogens with zero attached hydrogens (tertiary/aromatic N) is 1. The standard InChI is InChI=1S/C9H6O2.C8H15NO2/c10-8-5-6-11-9-4-2-1-3-7(8)9;1-11-8(10)7-9-5-3-2-4-6-9/h1-6H;2-7H2,1H3. The zero-order valence-corrected chi connectivity index (χ0v) is 12.8. The van der Waals surface area contributed by atoms with Gasteiger partial charge in [0.15, 0.2) is 5.43 Å². The molecule has 118 valence electrons. The first kappa shape index (κ1) is 16.2. The van der Waals surface area contributed by atoms with E-state index in [1.165, 1.54) is 38.7 Å². The van der Waals surface area contributed by atoms with Gasteiger partial charge in [0.25, 0.3) is 0 Å². The highest BCUT2D eigenvalue weighted by Crippen LogP contribution is 2.08. The van der Waals surface area contributed by atoms with E-state index in [1.54, 1.807) is 12.1 Å². The lowest BCUT2D eigenvalue weighted by molar-refractivity contribution is -0.142. The smallest absolute Gasteiger partial charge is 0.319 e. The summed E-state index contributed by atoms with van der Waals surface area (Å²) in [4.78, 5) is 24.1. The van der Waals surface area contributed by atoms with Gasteiger partial charge in [0, 0.05) is 6.07 Å². The predicted molar refractivity (Wildman–Crippen MR) is 84.8 cm³/mol. The third-order valence-corrected chi connectivity index (χ3v) is 3.60. The molecule has 22 heavy (non-hydrogen) atoms. The molecule has 1 aromatic carbocycles. The Labute approximate surface area is 129 Å². The van der Waals surface area contributed by atoms with Crippen LogP contribution in [0.15, 0.2) is 45.8 Å². The van der Waals surface area contributed by atoms with Gasteiger partial charge in [0.1, 0.15) is 5.58 Å². The minimum atomic E-state index is -0.119. The molecule has 2 heterocycles. The van der Waals surface area contributed by atoms with Crippen molar-refractivity contribution in [1.29, 1.82) is 0 Å². The zero-order valence-electron chi connectivity index (χ0n) is 12.8. The Morgan fingerprint density at radius 3 is 2.59 bits per heavy atom. The van der Waals surface area contributed by atoms with E-state index in [9.17, 15) is 9.59 Å². The van der Waals surface area contributed by atoms with Crippen LogP contribution >= 0.6 is 0 Å². The molecule has 0 amide bonds. The fourth-order valence-corrected chi connectivity index (χ4v) is 2.40. The maximum Gasteiger partial charge on any atom is 0.319 e. The number of ether oxygens (including phenoxy) is 1. The van der Waals surface area contributed by atoms with E-state index in [1.807, 2.05) is 12.1 Å². The average Bonchev–Trinajstić information content (AvgIpc) is 2.57. The van der Waals surface area contributed by atoms with Crippen LogP contribution in [0.1, 0.15) is 19.3 Å². The second-order valence-electron chi connectivity index (χ2n) is 5.19. The number of likely N-dealkylation sites (tertiary alicyclic amines) is 1. The van der Waals surface area contributed by atoms with Crippen LogP contribution in [0.5, 0.6) is 0 Å². The average molecular weight is 303 g/mol. The van der Waals surface area contributed by atoms with Crippen LogP contribution in [0.2, 0.25) is 0 Å². The van der Waals surface area contributed by atoms with Crippen molar-refractivity contribution in [2.24, 2.45) is 0 Å². The molecule has 1 aromatic heterocycles. The van der Waals surface area contributed by atoms with E-state index in [0.29, 0.717) is 17.5 Å². The second-order valence-corrected chi connectivity index (χ2v) is 5.19. The molecule has 2 aromatic rings. The highest BCUT2D eigenvalue weighted by molar-refractivity contribution is 5.75. The monoisotopic (exact) mass is 303 g/mol. The SMILES string of the molecule is COC(=O)CN1CCCCC1.O=c1ccoc2ccccc12. The van der Waals surface area contributed by atoms with Crippen LogP contribution in [0.25, 0.3) is 11.0 Å². The Balaban J connectivity index is 0.000000160. The summed E-state index contributed by atoms with van der Waals surface area (Å²) >= 11 is 0. The molecule has 1 aliphatic heterocycles. The molecule has 0 saturated carbocycles. The van der Waals surface area contributed by atoms with E-state index in [0.717, 1.165) is 13.1 Å². The van der Waals surface area contributed by atoms with E-state index < -0.39 is 0 Å². The fourth-order valence-electron chi connectivity index (χ4n) is 2.40. The van der Waals surface area contributed by atoms with Gasteiger partial charge in [-0.3, -0.25) is 14.5 Å². The van der Waals surface area contributed by atoms with Gasteiger partial charge in [0.05, 0.1) is 25.3 Å². The molecule has 0 bridgehead atoms. The van der Waals surface area contributed by atoms with Crippen molar-refractivity contribution in [2.45, 2.75) is 19.3 Å². The number of benzene rings is 1. The number of hydrogen-bond donors (Lipinski definition) is 0. The normalized spacial score (nSPS) is 15.0. The van der Waals surface area contributed by atoms with Crippen LogP contribution < -0.4 is 5.43 Å². The molecule has 1 aliphatic rings.